The van der Waals surface area contributed by atoms with E-state index in [9.17, 15) is 25.0 Å². The highest BCUT2D eigenvalue weighted by atomic mass is 79.9. The molecule has 2 rings (SSSR count). The molecule has 1 amide bonds. The fourth-order valence-electron chi connectivity index (χ4n) is 1.83. The number of halogens is 3. The molecule has 0 atom stereocenters. The van der Waals surface area contributed by atoms with Crippen molar-refractivity contribution in [3.05, 3.63) is 52.0 Å². The number of aryl methyl sites for hydroxylation is 1. The topological polar surface area (TPSA) is 133 Å². The average Bonchev–Trinajstić information content (AvgIpc) is 2.89. The number of benzene rings is 1. The van der Waals surface area contributed by atoms with Gasteiger partial charge in [0.15, 0.2) is 0 Å². The molecule has 1 heterocycles. The van der Waals surface area contributed by atoms with Crippen LogP contribution in [-0.4, -0.2) is 25.5 Å². The van der Waals surface area contributed by atoms with Gasteiger partial charge in [-0.3, -0.25) is 14.9 Å². The van der Waals surface area contributed by atoms with Crippen molar-refractivity contribution in [2.24, 2.45) is 0 Å². The lowest BCUT2D eigenvalue weighted by atomic mass is 10.2. The molecule has 0 spiro atoms. The van der Waals surface area contributed by atoms with Crippen LogP contribution in [0, 0.1) is 20.2 Å². The summed E-state index contributed by atoms with van der Waals surface area (Å²) in [6, 6.07) is 2.54. The Morgan fingerprint density at radius 3 is 2.20 bits per heavy atom. The summed E-state index contributed by atoms with van der Waals surface area (Å²) in [7, 11) is 0. The van der Waals surface area contributed by atoms with Gasteiger partial charge in [-0.2, -0.15) is 4.68 Å². The summed E-state index contributed by atoms with van der Waals surface area (Å²) in [6.45, 7) is 0.125. The number of aromatic nitrogens is 2. The number of nitro benzene ring substituents is 1. The molecule has 0 aliphatic heterocycles. The van der Waals surface area contributed by atoms with Gasteiger partial charge in [0.2, 0.25) is 5.91 Å². The Bertz CT molecular complexity index is 846. The number of carbonyl (C=O) groups is 1. The Hall–Kier alpha value is -1.86. The Morgan fingerprint density at radius 1 is 1.12 bits per heavy atom. The highest BCUT2D eigenvalue weighted by Gasteiger charge is 2.20. The van der Waals surface area contributed by atoms with Crippen LogP contribution >= 0.6 is 47.8 Å². The zero-order valence-electron chi connectivity index (χ0n) is 12.1. The third kappa shape index (κ3) is 4.83. The smallest absolute Gasteiger partial charge is 0.358 e. The van der Waals surface area contributed by atoms with Crippen LogP contribution in [0.15, 0.2) is 31.7 Å². The van der Waals surface area contributed by atoms with E-state index in [4.69, 9.17) is 0 Å². The Morgan fingerprint density at radius 2 is 1.72 bits per heavy atom. The summed E-state index contributed by atoms with van der Waals surface area (Å²) >= 11 is 9.37. The van der Waals surface area contributed by atoms with Crippen molar-refractivity contribution >= 4 is 70.9 Å². The number of nitrogens with one attached hydrogen (secondary N) is 1. The fourth-order valence-corrected chi connectivity index (χ4v) is 3.65. The van der Waals surface area contributed by atoms with E-state index in [0.717, 1.165) is 0 Å². The summed E-state index contributed by atoms with van der Waals surface area (Å²) in [5.74, 6) is -0.717. The van der Waals surface area contributed by atoms with Crippen LogP contribution in [0.4, 0.5) is 17.2 Å². The van der Waals surface area contributed by atoms with Crippen molar-refractivity contribution in [2.45, 2.75) is 13.0 Å². The van der Waals surface area contributed by atoms with E-state index in [2.05, 4.69) is 58.2 Å². The minimum Gasteiger partial charge on any atom is -0.358 e. The number of rotatable bonds is 6. The molecule has 0 fully saturated rings. The van der Waals surface area contributed by atoms with Gasteiger partial charge in [-0.1, -0.05) is 0 Å². The van der Waals surface area contributed by atoms with Crippen molar-refractivity contribution in [3.8, 4) is 0 Å². The second kappa shape index (κ2) is 8.01. The van der Waals surface area contributed by atoms with E-state index in [0.29, 0.717) is 14.6 Å². The molecule has 0 radical (unpaired) electrons. The number of nitrogens with zero attached hydrogens (tertiary/aromatic N) is 4. The first-order chi connectivity index (χ1) is 11.7. The molecule has 1 aromatic carbocycles. The quantitative estimate of drug-likeness (QED) is 0.434. The van der Waals surface area contributed by atoms with Gasteiger partial charge in [0, 0.05) is 27.5 Å². The van der Waals surface area contributed by atoms with Gasteiger partial charge in [-0.05, 0) is 52.7 Å². The van der Waals surface area contributed by atoms with E-state index in [1.54, 1.807) is 0 Å². The number of hydrogen-bond donors (Lipinski definition) is 1. The molecule has 1 N–H and O–H groups in total. The number of anilines is 1. The van der Waals surface area contributed by atoms with Gasteiger partial charge in [0.25, 0.3) is 5.69 Å². The highest BCUT2D eigenvalue weighted by molar-refractivity contribution is 9.11. The monoisotopic (exact) mass is 539 g/mol. The van der Waals surface area contributed by atoms with Gasteiger partial charge in [0.05, 0.1) is 28.5 Å². The van der Waals surface area contributed by atoms with Crippen molar-refractivity contribution in [1.82, 2.24) is 9.78 Å². The lowest BCUT2D eigenvalue weighted by Crippen LogP contribution is -2.15. The summed E-state index contributed by atoms with van der Waals surface area (Å²) in [6.07, 6.45) is 1.41. The zero-order valence-corrected chi connectivity index (χ0v) is 16.9. The summed E-state index contributed by atoms with van der Waals surface area (Å²) in [5, 5.41) is 27.9. The molecule has 25 heavy (non-hydrogen) atoms. The Kier molecular flexibility index (Phi) is 6.24. The van der Waals surface area contributed by atoms with Crippen LogP contribution in [-0.2, 0) is 11.3 Å². The number of carbonyl (C=O) groups excluding carboxylic acids is 1. The molecule has 0 bridgehead atoms. The lowest BCUT2D eigenvalue weighted by Gasteiger charge is -2.09. The third-order valence-corrected chi connectivity index (χ3v) is 4.75. The third-order valence-electron chi connectivity index (χ3n) is 2.94. The molecule has 0 aliphatic carbocycles. The van der Waals surface area contributed by atoms with Crippen LogP contribution in [0.2, 0.25) is 0 Å². The van der Waals surface area contributed by atoms with E-state index in [-0.39, 0.29) is 34.9 Å². The maximum atomic E-state index is 12.1. The maximum Gasteiger partial charge on any atom is 0.404 e. The van der Waals surface area contributed by atoms with Crippen LogP contribution < -0.4 is 5.32 Å². The van der Waals surface area contributed by atoms with Crippen molar-refractivity contribution < 1.29 is 14.6 Å². The molecule has 13 heteroatoms. The predicted molar refractivity (Wildman–Crippen MR) is 98.3 cm³/mol. The highest BCUT2D eigenvalue weighted by Crippen LogP contribution is 2.35. The average molecular weight is 542 g/mol. The molecule has 0 unspecified atom stereocenters. The van der Waals surface area contributed by atoms with E-state index in [1.165, 1.54) is 23.0 Å². The Balaban J connectivity index is 2.05. The maximum absolute atomic E-state index is 12.1. The van der Waals surface area contributed by atoms with E-state index >= 15 is 0 Å². The van der Waals surface area contributed by atoms with E-state index in [1.807, 2.05) is 0 Å². The molecule has 0 aliphatic rings. The van der Waals surface area contributed by atoms with Crippen molar-refractivity contribution in [3.63, 3.8) is 0 Å². The van der Waals surface area contributed by atoms with Gasteiger partial charge in [-0.25, -0.2) is 0 Å². The standard InChI is InChI=1S/C12H8Br3N5O5/c13-7-3-6(19(22)23)4-8(14)11(7)16-10(21)1-2-18-5-9(15)12(17-18)20(24)25/h3-5H,1-2H2,(H,16,21). The number of amides is 1. The van der Waals surface area contributed by atoms with Crippen LogP contribution in [0.3, 0.4) is 0 Å². The summed E-state index contributed by atoms with van der Waals surface area (Å²) in [4.78, 5) is 32.4. The van der Waals surface area contributed by atoms with Crippen LogP contribution in [0.25, 0.3) is 0 Å². The molecule has 2 aromatic rings. The molecule has 0 saturated carbocycles. The largest absolute Gasteiger partial charge is 0.404 e. The van der Waals surface area contributed by atoms with Crippen molar-refractivity contribution in [2.75, 3.05) is 5.32 Å². The minimum atomic E-state index is -0.633. The Labute approximate surface area is 165 Å². The SMILES string of the molecule is O=C(CCn1cc(Br)c([N+](=O)[O-])n1)Nc1c(Br)cc([N+](=O)[O-])cc1Br. The molecule has 1 aromatic heterocycles. The second-order valence-electron chi connectivity index (χ2n) is 4.66. The van der Waals surface area contributed by atoms with Crippen LogP contribution in [0.1, 0.15) is 6.42 Å². The first-order valence-corrected chi connectivity index (χ1v) is 8.87. The summed E-state index contributed by atoms with van der Waals surface area (Å²) in [5.41, 5.74) is 0.216. The first-order valence-electron chi connectivity index (χ1n) is 6.49. The number of nitro groups is 2. The normalized spacial score (nSPS) is 10.5. The predicted octanol–water partition coefficient (Wildman–Crippen LogP) is 4.02. The lowest BCUT2D eigenvalue weighted by molar-refractivity contribution is -0.390. The summed E-state index contributed by atoms with van der Waals surface area (Å²) < 4.78 is 2.19. The minimum absolute atomic E-state index is 0.00113. The van der Waals surface area contributed by atoms with Crippen LogP contribution in [0.5, 0.6) is 0 Å². The van der Waals surface area contributed by atoms with Gasteiger partial charge in [0.1, 0.15) is 4.47 Å². The van der Waals surface area contributed by atoms with Gasteiger partial charge in [-0.15, -0.1) is 0 Å². The van der Waals surface area contributed by atoms with E-state index < -0.39 is 9.85 Å². The fraction of sp³-hybridized carbons (Fsp3) is 0.167. The molecule has 132 valence electrons. The van der Waals surface area contributed by atoms with Crippen molar-refractivity contribution in [1.29, 1.82) is 0 Å². The van der Waals surface area contributed by atoms with Gasteiger partial charge >= 0.3 is 5.82 Å². The zero-order chi connectivity index (χ0) is 18.7. The molecule has 0 saturated heterocycles. The number of hydrogen-bond acceptors (Lipinski definition) is 6. The molecular formula is C12H8Br3N5O5. The second-order valence-corrected chi connectivity index (χ2v) is 7.22. The first kappa shape index (κ1) is 19.5. The molecule has 10 nitrogen and oxygen atoms in total. The molecular weight excluding hydrogens is 534 g/mol. The number of non-ortho nitro benzene ring substituents is 1. The van der Waals surface area contributed by atoms with Gasteiger partial charge < -0.3 is 15.4 Å².